The average Bonchev–Trinajstić information content (AvgIpc) is 2.95. The lowest BCUT2D eigenvalue weighted by molar-refractivity contribution is -0.127. The Hall–Kier alpha value is -1.85. The van der Waals surface area contributed by atoms with Crippen LogP contribution < -0.4 is 10.2 Å². The first kappa shape index (κ1) is 15.5. The maximum absolute atomic E-state index is 11.9. The molecule has 0 bridgehead atoms. The molecule has 1 aromatic carbocycles. The van der Waals surface area contributed by atoms with Gasteiger partial charge in [-0.15, -0.1) is 11.3 Å². The zero-order chi connectivity index (χ0) is 15.2. The first-order valence-electron chi connectivity index (χ1n) is 6.35. The average molecular weight is 323 g/mol. The fourth-order valence-electron chi connectivity index (χ4n) is 1.60. The van der Waals surface area contributed by atoms with Gasteiger partial charge in [0.2, 0.25) is 0 Å². The van der Waals surface area contributed by atoms with Crippen LogP contribution in [0, 0.1) is 6.92 Å². The highest BCUT2D eigenvalue weighted by molar-refractivity contribution is 7.11. The van der Waals surface area contributed by atoms with Gasteiger partial charge >= 0.3 is 0 Å². The van der Waals surface area contributed by atoms with Crippen molar-refractivity contribution in [3.05, 3.63) is 51.2 Å². The summed E-state index contributed by atoms with van der Waals surface area (Å²) in [5.41, 5.74) is 3.34. The summed E-state index contributed by atoms with van der Waals surface area (Å²) >= 11 is 7.42. The van der Waals surface area contributed by atoms with E-state index in [9.17, 15) is 4.79 Å². The Morgan fingerprint density at radius 3 is 2.95 bits per heavy atom. The number of nitrogens with zero attached hydrogens (tertiary/aromatic N) is 1. The zero-order valence-corrected chi connectivity index (χ0v) is 13.2. The molecule has 2 aromatic rings. The molecule has 1 unspecified atom stereocenters. The normalized spacial score (nSPS) is 12.3. The van der Waals surface area contributed by atoms with E-state index in [1.165, 1.54) is 0 Å². The second-order valence-corrected chi connectivity index (χ2v) is 5.84. The number of hydrogen-bond acceptors (Lipinski definition) is 4. The standard InChI is InChI=1S/C15H15ClN2O2S/c1-10-8-12(16)5-6-14(10)20-11(2)15(19)18-17-9-13-4-3-7-21-13/h3-9,11H,1-2H3,(H,18,19)/b17-9+. The minimum atomic E-state index is -0.648. The molecule has 0 saturated carbocycles. The van der Waals surface area contributed by atoms with Crippen molar-refractivity contribution in [1.29, 1.82) is 0 Å². The monoisotopic (exact) mass is 322 g/mol. The van der Waals surface area contributed by atoms with Gasteiger partial charge in [0.05, 0.1) is 6.21 Å². The summed E-state index contributed by atoms with van der Waals surface area (Å²) < 4.78 is 5.61. The summed E-state index contributed by atoms with van der Waals surface area (Å²) in [5, 5.41) is 6.48. The first-order chi connectivity index (χ1) is 10.1. The lowest BCUT2D eigenvalue weighted by Crippen LogP contribution is -2.33. The van der Waals surface area contributed by atoms with E-state index >= 15 is 0 Å². The molecule has 0 saturated heterocycles. The molecule has 6 heteroatoms. The molecule has 0 fully saturated rings. The van der Waals surface area contributed by atoms with Crippen LogP contribution in [-0.4, -0.2) is 18.2 Å². The van der Waals surface area contributed by atoms with Gasteiger partial charge in [0, 0.05) is 9.90 Å². The van der Waals surface area contributed by atoms with E-state index < -0.39 is 6.10 Å². The molecule has 0 aliphatic heterocycles. The van der Waals surface area contributed by atoms with Gasteiger partial charge < -0.3 is 4.74 Å². The minimum Gasteiger partial charge on any atom is -0.481 e. The van der Waals surface area contributed by atoms with E-state index in [2.05, 4.69) is 10.5 Å². The lowest BCUT2D eigenvalue weighted by atomic mass is 10.2. The van der Waals surface area contributed by atoms with Crippen molar-refractivity contribution in [3.63, 3.8) is 0 Å². The van der Waals surface area contributed by atoms with Crippen molar-refractivity contribution in [2.45, 2.75) is 20.0 Å². The topological polar surface area (TPSA) is 50.7 Å². The van der Waals surface area contributed by atoms with E-state index in [1.807, 2.05) is 24.4 Å². The Kier molecular flexibility index (Phi) is 5.36. The van der Waals surface area contributed by atoms with Gasteiger partial charge in [-0.3, -0.25) is 4.79 Å². The Balaban J connectivity index is 1.90. The van der Waals surface area contributed by atoms with Gasteiger partial charge in [-0.25, -0.2) is 5.43 Å². The molecule has 0 radical (unpaired) electrons. The largest absolute Gasteiger partial charge is 0.481 e. The van der Waals surface area contributed by atoms with Crippen LogP contribution >= 0.6 is 22.9 Å². The van der Waals surface area contributed by atoms with Crippen LogP contribution in [0.4, 0.5) is 0 Å². The molecule has 1 N–H and O–H groups in total. The number of rotatable bonds is 5. The van der Waals surface area contributed by atoms with Gasteiger partial charge in [-0.05, 0) is 49.1 Å². The van der Waals surface area contributed by atoms with Crippen LogP contribution in [-0.2, 0) is 4.79 Å². The Labute approximate surface area is 132 Å². The molecular weight excluding hydrogens is 308 g/mol. The smallest absolute Gasteiger partial charge is 0.280 e. The molecule has 1 atom stereocenters. The van der Waals surface area contributed by atoms with Crippen molar-refractivity contribution in [3.8, 4) is 5.75 Å². The number of hydrazone groups is 1. The summed E-state index contributed by atoms with van der Waals surface area (Å²) in [6, 6.07) is 9.09. The van der Waals surface area contributed by atoms with E-state index in [-0.39, 0.29) is 5.91 Å². The molecule has 4 nitrogen and oxygen atoms in total. The van der Waals surface area contributed by atoms with Crippen LogP contribution in [0.25, 0.3) is 0 Å². The number of hydrogen-bond donors (Lipinski definition) is 1. The molecule has 21 heavy (non-hydrogen) atoms. The van der Waals surface area contributed by atoms with Crippen LogP contribution in [0.1, 0.15) is 17.4 Å². The van der Waals surface area contributed by atoms with Crippen LogP contribution in [0.3, 0.4) is 0 Å². The summed E-state index contributed by atoms with van der Waals surface area (Å²) in [7, 11) is 0. The summed E-state index contributed by atoms with van der Waals surface area (Å²) in [6.45, 7) is 3.55. The third-order valence-corrected chi connectivity index (χ3v) is 3.76. The number of aryl methyl sites for hydroxylation is 1. The van der Waals surface area contributed by atoms with Gasteiger partial charge in [-0.1, -0.05) is 17.7 Å². The van der Waals surface area contributed by atoms with E-state index in [1.54, 1.807) is 42.7 Å². The van der Waals surface area contributed by atoms with Gasteiger partial charge in [0.25, 0.3) is 5.91 Å². The molecule has 110 valence electrons. The van der Waals surface area contributed by atoms with Crippen molar-refractivity contribution >= 4 is 35.1 Å². The summed E-state index contributed by atoms with van der Waals surface area (Å²) in [6.07, 6.45) is 0.952. The number of carbonyl (C=O) groups is 1. The number of amides is 1. The SMILES string of the molecule is Cc1cc(Cl)ccc1OC(C)C(=O)N/N=C/c1cccs1. The quantitative estimate of drug-likeness (QED) is 0.675. The number of halogens is 1. The fraction of sp³-hybridized carbons (Fsp3) is 0.200. The second kappa shape index (κ2) is 7.24. The Morgan fingerprint density at radius 2 is 2.29 bits per heavy atom. The minimum absolute atomic E-state index is 0.308. The highest BCUT2D eigenvalue weighted by atomic mass is 35.5. The van der Waals surface area contributed by atoms with Crippen molar-refractivity contribution in [2.75, 3.05) is 0 Å². The highest BCUT2D eigenvalue weighted by Gasteiger charge is 2.15. The maximum Gasteiger partial charge on any atom is 0.280 e. The van der Waals surface area contributed by atoms with Gasteiger partial charge in [0.1, 0.15) is 5.75 Å². The fourth-order valence-corrected chi connectivity index (χ4v) is 2.42. The van der Waals surface area contributed by atoms with Crippen molar-refractivity contribution in [1.82, 2.24) is 5.43 Å². The predicted octanol–water partition coefficient (Wildman–Crippen LogP) is 3.63. The van der Waals surface area contributed by atoms with Crippen LogP contribution in [0.15, 0.2) is 40.8 Å². The maximum atomic E-state index is 11.9. The number of thiophene rings is 1. The third kappa shape index (κ3) is 4.58. The molecule has 1 amide bonds. The second-order valence-electron chi connectivity index (χ2n) is 4.42. The van der Waals surface area contributed by atoms with Crippen LogP contribution in [0.5, 0.6) is 5.75 Å². The molecule has 0 aliphatic rings. The first-order valence-corrected chi connectivity index (χ1v) is 7.61. The molecule has 0 spiro atoms. The summed E-state index contributed by atoms with van der Waals surface area (Å²) in [4.78, 5) is 12.9. The number of carbonyl (C=O) groups excluding carboxylic acids is 1. The summed E-state index contributed by atoms with van der Waals surface area (Å²) in [5.74, 6) is 0.321. The van der Waals surface area contributed by atoms with Gasteiger partial charge in [0.15, 0.2) is 6.10 Å². The molecule has 1 aromatic heterocycles. The number of benzene rings is 1. The van der Waals surface area contributed by atoms with Crippen LogP contribution in [0.2, 0.25) is 5.02 Å². The zero-order valence-electron chi connectivity index (χ0n) is 11.7. The van der Waals surface area contributed by atoms with E-state index in [0.29, 0.717) is 10.8 Å². The van der Waals surface area contributed by atoms with Gasteiger partial charge in [-0.2, -0.15) is 5.10 Å². The molecule has 1 heterocycles. The molecular formula is C15H15ClN2O2S. The van der Waals surface area contributed by atoms with E-state index in [4.69, 9.17) is 16.3 Å². The number of ether oxygens (including phenoxy) is 1. The third-order valence-electron chi connectivity index (χ3n) is 2.72. The highest BCUT2D eigenvalue weighted by Crippen LogP contribution is 2.22. The molecule has 0 aliphatic carbocycles. The number of nitrogens with one attached hydrogen (secondary N) is 1. The Morgan fingerprint density at radius 1 is 1.48 bits per heavy atom. The predicted molar refractivity (Wildman–Crippen MR) is 86.3 cm³/mol. The van der Waals surface area contributed by atoms with Crippen molar-refractivity contribution < 1.29 is 9.53 Å². The lowest BCUT2D eigenvalue weighted by Gasteiger charge is -2.14. The van der Waals surface area contributed by atoms with E-state index in [0.717, 1.165) is 10.4 Å². The van der Waals surface area contributed by atoms with Crippen molar-refractivity contribution in [2.24, 2.45) is 5.10 Å². The molecule has 2 rings (SSSR count). The Bertz CT molecular complexity index is 641.